The Kier molecular flexibility index (Phi) is 6.40. The number of pyridine rings is 1. The molecule has 0 unspecified atom stereocenters. The average molecular weight is 495 g/mol. The lowest BCUT2D eigenvalue weighted by Crippen LogP contribution is -2.35. The molecular weight excluding hydrogens is 464 g/mol. The van der Waals surface area contributed by atoms with Gasteiger partial charge in [-0.15, -0.1) is 5.10 Å². The van der Waals surface area contributed by atoms with E-state index in [9.17, 15) is 4.79 Å². The van der Waals surface area contributed by atoms with E-state index in [1.807, 2.05) is 66.2 Å². The predicted molar refractivity (Wildman–Crippen MR) is 141 cm³/mol. The van der Waals surface area contributed by atoms with Crippen LogP contribution in [-0.4, -0.2) is 30.1 Å². The molecule has 1 N–H and O–H groups in total. The van der Waals surface area contributed by atoms with Gasteiger partial charge in [0.15, 0.2) is 5.82 Å². The molecule has 5 aromatic rings. The number of H-pyrrole nitrogens is 1. The Bertz CT molecular complexity index is 1530. The van der Waals surface area contributed by atoms with E-state index in [1.165, 1.54) is 0 Å². The third kappa shape index (κ3) is 4.72. The maximum absolute atomic E-state index is 13.7. The topological polar surface area (TPSA) is 92.8 Å². The highest BCUT2D eigenvalue weighted by Gasteiger charge is 2.33. The second kappa shape index (κ2) is 10.1. The van der Waals surface area contributed by atoms with Crippen LogP contribution in [-0.2, 0) is 13.1 Å². The first-order chi connectivity index (χ1) is 18.2. The molecular formula is C29H30N6O2. The van der Waals surface area contributed by atoms with Crippen LogP contribution in [0.25, 0.3) is 10.9 Å². The quantitative estimate of drug-likeness (QED) is 0.314. The summed E-state index contributed by atoms with van der Waals surface area (Å²) in [6.07, 6.45) is 6.07. The van der Waals surface area contributed by atoms with Gasteiger partial charge in [-0.1, -0.05) is 61.4 Å². The molecule has 0 amide bonds. The van der Waals surface area contributed by atoms with Gasteiger partial charge in [0.2, 0.25) is 0 Å². The van der Waals surface area contributed by atoms with Gasteiger partial charge < -0.3 is 9.40 Å². The summed E-state index contributed by atoms with van der Waals surface area (Å²) in [5, 5.41) is 14.1. The number of hydrogen-bond donors (Lipinski definition) is 1. The second-order valence-corrected chi connectivity index (χ2v) is 9.89. The van der Waals surface area contributed by atoms with Crippen LogP contribution >= 0.6 is 0 Å². The number of para-hydroxylation sites is 1. The van der Waals surface area contributed by atoms with E-state index < -0.39 is 6.04 Å². The maximum atomic E-state index is 13.7. The Morgan fingerprint density at radius 2 is 1.89 bits per heavy atom. The lowest BCUT2D eigenvalue weighted by molar-refractivity contribution is 0.176. The Hall–Kier alpha value is -4.04. The summed E-state index contributed by atoms with van der Waals surface area (Å²) in [6, 6.07) is 21.9. The number of hydrogen-bond acceptors (Lipinski definition) is 6. The molecule has 0 spiro atoms. The van der Waals surface area contributed by atoms with Gasteiger partial charge in [-0.3, -0.25) is 9.69 Å². The van der Waals surface area contributed by atoms with Crippen molar-refractivity contribution in [3.05, 3.63) is 112 Å². The van der Waals surface area contributed by atoms with Gasteiger partial charge in [0.25, 0.3) is 5.56 Å². The van der Waals surface area contributed by atoms with Crippen molar-refractivity contribution >= 4 is 10.9 Å². The number of aromatic amines is 1. The van der Waals surface area contributed by atoms with Gasteiger partial charge in [0.05, 0.1) is 24.4 Å². The average Bonchev–Trinajstić information content (AvgIpc) is 3.69. The second-order valence-electron chi connectivity index (χ2n) is 9.89. The number of rotatable bonds is 8. The highest BCUT2D eigenvalue weighted by molar-refractivity contribution is 5.82. The molecule has 0 saturated heterocycles. The normalized spacial score (nSPS) is 15.1. The number of fused-ring (bicyclic) bond motifs is 1. The van der Waals surface area contributed by atoms with Crippen molar-refractivity contribution in [2.45, 2.75) is 57.8 Å². The Balaban J connectivity index is 1.54. The molecule has 37 heavy (non-hydrogen) atoms. The van der Waals surface area contributed by atoms with E-state index in [-0.39, 0.29) is 11.6 Å². The number of tetrazole rings is 1. The molecule has 0 radical (unpaired) electrons. The van der Waals surface area contributed by atoms with Crippen LogP contribution in [0.3, 0.4) is 0 Å². The number of aryl methyl sites for hydroxylation is 1. The van der Waals surface area contributed by atoms with E-state index >= 15 is 0 Å². The van der Waals surface area contributed by atoms with Gasteiger partial charge in [0, 0.05) is 12.1 Å². The monoisotopic (exact) mass is 494 g/mol. The molecule has 188 valence electrons. The predicted octanol–water partition coefficient (Wildman–Crippen LogP) is 5.32. The first kappa shape index (κ1) is 23.4. The Morgan fingerprint density at radius 1 is 1.05 bits per heavy atom. The van der Waals surface area contributed by atoms with Crippen molar-refractivity contribution in [1.82, 2.24) is 30.1 Å². The zero-order chi connectivity index (χ0) is 25.2. The van der Waals surface area contributed by atoms with E-state index in [2.05, 4.69) is 37.5 Å². The van der Waals surface area contributed by atoms with Crippen LogP contribution in [0.2, 0.25) is 0 Å². The van der Waals surface area contributed by atoms with Gasteiger partial charge >= 0.3 is 0 Å². The van der Waals surface area contributed by atoms with Gasteiger partial charge in [-0.2, -0.15) is 0 Å². The highest BCUT2D eigenvalue weighted by atomic mass is 16.3. The number of benzene rings is 2. The zero-order valence-corrected chi connectivity index (χ0v) is 20.9. The van der Waals surface area contributed by atoms with Crippen molar-refractivity contribution in [2.24, 2.45) is 0 Å². The minimum atomic E-state index is -0.477. The molecule has 8 heteroatoms. The van der Waals surface area contributed by atoms with E-state index in [4.69, 9.17) is 4.42 Å². The summed E-state index contributed by atoms with van der Waals surface area (Å²) in [4.78, 5) is 19.1. The summed E-state index contributed by atoms with van der Waals surface area (Å²) < 4.78 is 7.72. The first-order valence-corrected chi connectivity index (χ1v) is 12.9. The van der Waals surface area contributed by atoms with Crippen molar-refractivity contribution in [3.8, 4) is 0 Å². The van der Waals surface area contributed by atoms with Crippen molar-refractivity contribution < 1.29 is 4.42 Å². The molecule has 3 aromatic heterocycles. The fraction of sp³-hybridized carbons (Fsp3) is 0.310. The standard InChI is InChI=1S/C29H30N6O2/c1-20-9-7-12-22-17-25(29(36)30-26(20)22)27(28-31-32-33-35(28)23-13-5-6-14-23)34(19-24-15-8-16-37-24)18-21-10-3-2-4-11-21/h2-4,7-12,15-17,23,27H,5-6,13-14,18-19H2,1H3,(H,30,36)/t27-/m1/s1. The van der Waals surface area contributed by atoms with Crippen LogP contribution in [0.4, 0.5) is 0 Å². The lowest BCUT2D eigenvalue weighted by Gasteiger charge is -2.31. The fourth-order valence-corrected chi connectivity index (χ4v) is 5.55. The molecule has 1 atom stereocenters. The minimum Gasteiger partial charge on any atom is -0.468 e. The lowest BCUT2D eigenvalue weighted by atomic mass is 10.0. The number of aromatic nitrogens is 5. The van der Waals surface area contributed by atoms with Crippen LogP contribution in [0.5, 0.6) is 0 Å². The van der Waals surface area contributed by atoms with Crippen molar-refractivity contribution in [3.63, 3.8) is 0 Å². The van der Waals surface area contributed by atoms with Crippen LogP contribution in [0, 0.1) is 6.92 Å². The maximum Gasteiger partial charge on any atom is 0.253 e. The van der Waals surface area contributed by atoms with E-state index in [0.29, 0.717) is 24.5 Å². The van der Waals surface area contributed by atoms with Crippen LogP contribution < -0.4 is 5.56 Å². The Morgan fingerprint density at radius 3 is 2.68 bits per heavy atom. The molecule has 1 aliphatic rings. The molecule has 6 rings (SSSR count). The summed E-state index contributed by atoms with van der Waals surface area (Å²) >= 11 is 0. The minimum absolute atomic E-state index is 0.134. The van der Waals surface area contributed by atoms with Gasteiger partial charge in [-0.25, -0.2) is 4.68 Å². The van der Waals surface area contributed by atoms with Crippen molar-refractivity contribution in [1.29, 1.82) is 0 Å². The third-order valence-corrected chi connectivity index (χ3v) is 7.38. The zero-order valence-electron chi connectivity index (χ0n) is 20.9. The van der Waals surface area contributed by atoms with Gasteiger partial charge in [-0.05, 0) is 64.9 Å². The van der Waals surface area contributed by atoms with Crippen molar-refractivity contribution in [2.75, 3.05) is 0 Å². The molecule has 2 aromatic carbocycles. The smallest absolute Gasteiger partial charge is 0.253 e. The summed E-state index contributed by atoms with van der Waals surface area (Å²) in [5.41, 5.74) is 3.50. The van der Waals surface area contributed by atoms with Gasteiger partial charge in [0.1, 0.15) is 11.8 Å². The highest BCUT2D eigenvalue weighted by Crippen LogP contribution is 2.35. The fourth-order valence-electron chi connectivity index (χ4n) is 5.55. The molecule has 1 aliphatic carbocycles. The SMILES string of the molecule is Cc1cccc2cc([C@H](c3nnnn3C3CCCC3)N(Cc3ccccc3)Cc3ccco3)c(=O)[nH]c12. The molecule has 3 heterocycles. The summed E-state index contributed by atoms with van der Waals surface area (Å²) in [5.74, 6) is 1.50. The summed E-state index contributed by atoms with van der Waals surface area (Å²) in [6.45, 7) is 3.10. The number of furan rings is 1. The third-order valence-electron chi connectivity index (χ3n) is 7.38. The molecule has 1 fully saturated rings. The molecule has 1 saturated carbocycles. The van der Waals surface area contributed by atoms with Crippen LogP contribution in [0.15, 0.2) is 82.2 Å². The largest absolute Gasteiger partial charge is 0.468 e. The molecule has 0 bridgehead atoms. The Labute approximate surface area is 214 Å². The molecule has 8 nitrogen and oxygen atoms in total. The number of nitrogens with zero attached hydrogens (tertiary/aromatic N) is 5. The van der Waals surface area contributed by atoms with E-state index in [0.717, 1.165) is 53.5 Å². The number of nitrogens with one attached hydrogen (secondary N) is 1. The summed E-state index contributed by atoms with van der Waals surface area (Å²) in [7, 11) is 0. The molecule has 0 aliphatic heterocycles. The first-order valence-electron chi connectivity index (χ1n) is 12.9. The van der Waals surface area contributed by atoms with Crippen LogP contribution in [0.1, 0.15) is 66.0 Å². The van der Waals surface area contributed by atoms with E-state index in [1.54, 1.807) is 6.26 Å².